The second-order valence-electron chi connectivity index (χ2n) is 6.76. The molecule has 1 atom stereocenters. The van der Waals surface area contributed by atoms with Crippen molar-refractivity contribution in [1.82, 2.24) is 0 Å². The van der Waals surface area contributed by atoms with Crippen LogP contribution in [0, 0.1) is 0 Å². The van der Waals surface area contributed by atoms with Crippen LogP contribution in [0.25, 0.3) is 0 Å². The molecule has 0 heterocycles. The molecule has 0 aliphatic carbocycles. The van der Waals surface area contributed by atoms with Gasteiger partial charge in [0.1, 0.15) is 17.5 Å². The highest BCUT2D eigenvalue weighted by Gasteiger charge is 2.30. The van der Waals surface area contributed by atoms with E-state index in [0.717, 1.165) is 10.6 Å². The standard InChI is InChI=1S/C22H20Cl2N2O4S/c1-15(26(31(2,28)29)21-14-16(23)8-13-20(21)24)22(27)25-17-9-11-19(12-10-17)30-18-6-4-3-5-7-18/h3-15H,1-2H3,(H,25,27)/t15-/m0/s1. The number of hydrogen-bond acceptors (Lipinski definition) is 4. The molecule has 0 unspecified atom stereocenters. The lowest BCUT2D eigenvalue weighted by Crippen LogP contribution is -2.45. The third-order valence-electron chi connectivity index (χ3n) is 4.33. The summed E-state index contributed by atoms with van der Waals surface area (Å²) in [5.74, 6) is 0.758. The summed E-state index contributed by atoms with van der Waals surface area (Å²) in [6.07, 6.45) is 1.00. The highest BCUT2D eigenvalue weighted by Crippen LogP contribution is 2.32. The summed E-state index contributed by atoms with van der Waals surface area (Å²) < 4.78 is 31.6. The second-order valence-corrected chi connectivity index (χ2v) is 9.46. The maximum Gasteiger partial charge on any atom is 0.247 e. The van der Waals surface area contributed by atoms with Crippen LogP contribution in [-0.2, 0) is 14.8 Å². The van der Waals surface area contributed by atoms with Crippen molar-refractivity contribution < 1.29 is 17.9 Å². The van der Waals surface area contributed by atoms with Gasteiger partial charge in [0.05, 0.1) is 17.0 Å². The van der Waals surface area contributed by atoms with Gasteiger partial charge in [-0.3, -0.25) is 9.10 Å². The van der Waals surface area contributed by atoms with E-state index in [-0.39, 0.29) is 10.7 Å². The molecule has 1 N–H and O–H groups in total. The minimum Gasteiger partial charge on any atom is -0.457 e. The van der Waals surface area contributed by atoms with Crippen LogP contribution in [0.1, 0.15) is 6.92 Å². The van der Waals surface area contributed by atoms with E-state index in [4.69, 9.17) is 27.9 Å². The number of carbonyl (C=O) groups excluding carboxylic acids is 1. The molecule has 162 valence electrons. The maximum atomic E-state index is 12.8. The van der Waals surface area contributed by atoms with Gasteiger partial charge in [-0.1, -0.05) is 41.4 Å². The number of rotatable bonds is 7. The molecule has 0 fully saturated rings. The highest BCUT2D eigenvalue weighted by atomic mass is 35.5. The summed E-state index contributed by atoms with van der Waals surface area (Å²) in [4.78, 5) is 12.8. The van der Waals surface area contributed by atoms with Gasteiger partial charge in [0, 0.05) is 10.7 Å². The first-order valence-corrected chi connectivity index (χ1v) is 11.8. The van der Waals surface area contributed by atoms with Crippen LogP contribution >= 0.6 is 23.2 Å². The van der Waals surface area contributed by atoms with Gasteiger partial charge < -0.3 is 10.1 Å². The van der Waals surface area contributed by atoms with Crippen molar-refractivity contribution in [2.45, 2.75) is 13.0 Å². The number of nitrogens with zero attached hydrogens (tertiary/aromatic N) is 1. The lowest BCUT2D eigenvalue weighted by atomic mass is 10.2. The van der Waals surface area contributed by atoms with Crippen molar-refractivity contribution in [3.63, 3.8) is 0 Å². The molecule has 1 amide bonds. The average molecular weight is 479 g/mol. The van der Waals surface area contributed by atoms with Crippen LogP contribution in [0.3, 0.4) is 0 Å². The van der Waals surface area contributed by atoms with Gasteiger partial charge >= 0.3 is 0 Å². The predicted molar refractivity (Wildman–Crippen MR) is 125 cm³/mol. The Kier molecular flexibility index (Phi) is 7.10. The zero-order valence-corrected chi connectivity index (χ0v) is 19.1. The molecule has 0 spiro atoms. The minimum atomic E-state index is -3.83. The summed E-state index contributed by atoms with van der Waals surface area (Å²) in [7, 11) is -3.83. The second kappa shape index (κ2) is 9.60. The number of carbonyl (C=O) groups is 1. The molecule has 9 heteroatoms. The lowest BCUT2D eigenvalue weighted by Gasteiger charge is -2.29. The normalized spacial score (nSPS) is 12.1. The Morgan fingerprint density at radius 1 is 0.968 bits per heavy atom. The smallest absolute Gasteiger partial charge is 0.247 e. The van der Waals surface area contributed by atoms with Gasteiger partial charge in [-0.05, 0) is 61.5 Å². The van der Waals surface area contributed by atoms with Gasteiger partial charge in [0.15, 0.2) is 0 Å². The number of sulfonamides is 1. The first kappa shape index (κ1) is 22.9. The molecule has 0 saturated carbocycles. The number of halogens is 2. The van der Waals surface area contributed by atoms with E-state index >= 15 is 0 Å². The zero-order chi connectivity index (χ0) is 22.6. The van der Waals surface area contributed by atoms with E-state index in [1.54, 1.807) is 24.3 Å². The van der Waals surface area contributed by atoms with Crippen LogP contribution in [0.15, 0.2) is 72.8 Å². The van der Waals surface area contributed by atoms with Gasteiger partial charge in [-0.2, -0.15) is 0 Å². The fourth-order valence-electron chi connectivity index (χ4n) is 2.91. The largest absolute Gasteiger partial charge is 0.457 e. The Balaban J connectivity index is 1.77. The Morgan fingerprint density at radius 2 is 1.58 bits per heavy atom. The van der Waals surface area contributed by atoms with E-state index in [1.165, 1.54) is 25.1 Å². The number of ether oxygens (including phenoxy) is 1. The third-order valence-corrected chi connectivity index (χ3v) is 6.12. The van der Waals surface area contributed by atoms with Crippen molar-refractivity contribution in [3.05, 3.63) is 82.8 Å². The van der Waals surface area contributed by atoms with Crippen LogP contribution < -0.4 is 14.4 Å². The van der Waals surface area contributed by atoms with Crippen LogP contribution in [0.2, 0.25) is 10.0 Å². The summed E-state index contributed by atoms with van der Waals surface area (Å²) in [5.41, 5.74) is 0.619. The van der Waals surface area contributed by atoms with Gasteiger partial charge in [0.2, 0.25) is 15.9 Å². The van der Waals surface area contributed by atoms with Crippen LogP contribution in [0.4, 0.5) is 11.4 Å². The van der Waals surface area contributed by atoms with Crippen molar-refractivity contribution in [2.24, 2.45) is 0 Å². The summed E-state index contributed by atoms with van der Waals surface area (Å²) in [5, 5.41) is 3.18. The molecule has 0 aliphatic heterocycles. The van der Waals surface area contributed by atoms with Crippen LogP contribution in [0.5, 0.6) is 11.5 Å². The molecular formula is C22H20Cl2N2O4S. The first-order valence-electron chi connectivity index (χ1n) is 9.23. The highest BCUT2D eigenvalue weighted by molar-refractivity contribution is 7.92. The number of anilines is 2. The topological polar surface area (TPSA) is 75.7 Å². The van der Waals surface area contributed by atoms with E-state index < -0.39 is 22.0 Å². The molecular weight excluding hydrogens is 459 g/mol. The molecule has 0 aliphatic rings. The average Bonchev–Trinajstić information content (AvgIpc) is 2.72. The van der Waals surface area contributed by atoms with Crippen molar-refractivity contribution in [3.8, 4) is 11.5 Å². The van der Waals surface area contributed by atoms with E-state index in [9.17, 15) is 13.2 Å². The lowest BCUT2D eigenvalue weighted by molar-refractivity contribution is -0.116. The van der Waals surface area contributed by atoms with Crippen LogP contribution in [-0.4, -0.2) is 26.6 Å². The molecule has 0 radical (unpaired) electrons. The fraction of sp³-hybridized carbons (Fsp3) is 0.136. The predicted octanol–water partition coefficient (Wildman–Crippen LogP) is 5.58. The third kappa shape index (κ3) is 5.91. The maximum absolute atomic E-state index is 12.8. The Hall–Kier alpha value is -2.74. The molecule has 3 rings (SSSR count). The zero-order valence-electron chi connectivity index (χ0n) is 16.7. The summed E-state index contributed by atoms with van der Waals surface area (Å²) in [6, 6.07) is 19.4. The number of nitrogens with one attached hydrogen (secondary N) is 1. The van der Waals surface area contributed by atoms with E-state index in [2.05, 4.69) is 5.32 Å². The Morgan fingerprint density at radius 3 is 2.19 bits per heavy atom. The van der Waals surface area contributed by atoms with Gasteiger partial charge in [-0.25, -0.2) is 8.42 Å². The number of benzene rings is 3. The Labute approximate surface area is 191 Å². The minimum absolute atomic E-state index is 0.130. The number of para-hydroxylation sites is 1. The SMILES string of the molecule is C[C@@H](C(=O)Nc1ccc(Oc2ccccc2)cc1)N(c1cc(Cl)ccc1Cl)S(C)(=O)=O. The summed E-state index contributed by atoms with van der Waals surface area (Å²) in [6.45, 7) is 1.47. The molecule has 3 aromatic rings. The van der Waals surface area contributed by atoms with Crippen molar-refractivity contribution in [1.29, 1.82) is 0 Å². The van der Waals surface area contributed by atoms with Gasteiger partial charge in [-0.15, -0.1) is 0 Å². The molecule has 0 saturated heterocycles. The molecule has 0 aromatic heterocycles. The molecule has 31 heavy (non-hydrogen) atoms. The van der Waals surface area contributed by atoms with Crippen molar-refractivity contribution in [2.75, 3.05) is 15.9 Å². The van der Waals surface area contributed by atoms with E-state index in [1.807, 2.05) is 30.3 Å². The quantitative estimate of drug-likeness (QED) is 0.480. The first-order chi connectivity index (χ1) is 14.6. The molecule has 6 nitrogen and oxygen atoms in total. The molecule has 3 aromatic carbocycles. The molecule has 0 bridgehead atoms. The Bertz CT molecular complexity index is 1170. The van der Waals surface area contributed by atoms with Gasteiger partial charge in [0.25, 0.3) is 0 Å². The summed E-state index contributed by atoms with van der Waals surface area (Å²) >= 11 is 12.2. The number of hydrogen-bond donors (Lipinski definition) is 1. The van der Waals surface area contributed by atoms with E-state index in [0.29, 0.717) is 22.2 Å². The van der Waals surface area contributed by atoms with Crippen molar-refractivity contribution >= 4 is 50.5 Å². The number of amides is 1. The fourth-order valence-corrected chi connectivity index (χ4v) is 4.52. The monoisotopic (exact) mass is 478 g/mol.